The predicted octanol–water partition coefficient (Wildman–Crippen LogP) is 3.29. The van der Waals surface area contributed by atoms with Gasteiger partial charge in [-0.25, -0.2) is 9.18 Å². The van der Waals surface area contributed by atoms with Crippen LogP contribution in [0.3, 0.4) is 0 Å². The van der Waals surface area contributed by atoms with Gasteiger partial charge < -0.3 is 10.1 Å². The lowest BCUT2D eigenvalue weighted by molar-refractivity contribution is -0.384. The topological polar surface area (TPSA) is 98.5 Å². The molecule has 0 atom stereocenters. The zero-order chi connectivity index (χ0) is 17.7. The van der Waals surface area contributed by atoms with Gasteiger partial charge in [0.15, 0.2) is 6.61 Å². The van der Waals surface area contributed by atoms with Crippen LogP contribution in [0.15, 0.2) is 46.9 Å². The highest BCUT2D eigenvalue weighted by Gasteiger charge is 2.13. The summed E-state index contributed by atoms with van der Waals surface area (Å²) in [5, 5.41) is 12.8. The van der Waals surface area contributed by atoms with Gasteiger partial charge in [0.05, 0.1) is 16.2 Å². The van der Waals surface area contributed by atoms with E-state index in [0.717, 1.165) is 12.1 Å². The summed E-state index contributed by atoms with van der Waals surface area (Å²) in [6, 6.07) is 8.80. The number of rotatable bonds is 5. The van der Waals surface area contributed by atoms with Gasteiger partial charge in [-0.05, 0) is 30.3 Å². The molecule has 0 saturated heterocycles. The molecule has 2 aromatic carbocycles. The van der Waals surface area contributed by atoms with Gasteiger partial charge in [0.2, 0.25) is 0 Å². The molecule has 1 amide bonds. The van der Waals surface area contributed by atoms with E-state index in [0.29, 0.717) is 4.47 Å². The lowest BCUT2D eigenvalue weighted by atomic mass is 10.2. The Morgan fingerprint density at radius 3 is 2.46 bits per heavy atom. The third-order valence-corrected chi connectivity index (χ3v) is 3.35. The van der Waals surface area contributed by atoms with Crippen LogP contribution in [0.1, 0.15) is 10.4 Å². The van der Waals surface area contributed by atoms with Crippen LogP contribution < -0.4 is 5.32 Å². The number of ether oxygens (including phenoxy) is 1. The van der Waals surface area contributed by atoms with Gasteiger partial charge >= 0.3 is 5.97 Å². The molecule has 0 aliphatic carbocycles. The molecule has 0 bridgehead atoms. The number of hydrogen-bond acceptors (Lipinski definition) is 5. The fourth-order valence-corrected chi connectivity index (χ4v) is 2.04. The van der Waals surface area contributed by atoms with Gasteiger partial charge in [0.1, 0.15) is 5.82 Å². The smallest absolute Gasteiger partial charge is 0.338 e. The molecule has 0 radical (unpaired) electrons. The Labute approximate surface area is 143 Å². The number of anilines is 1. The van der Waals surface area contributed by atoms with E-state index >= 15 is 0 Å². The first-order valence-corrected chi connectivity index (χ1v) is 7.32. The van der Waals surface area contributed by atoms with Crippen LogP contribution in [0, 0.1) is 15.9 Å². The molecule has 0 unspecified atom stereocenters. The van der Waals surface area contributed by atoms with E-state index in [9.17, 15) is 24.1 Å². The Morgan fingerprint density at radius 1 is 1.21 bits per heavy atom. The average molecular weight is 397 g/mol. The Bertz CT molecular complexity index is 795. The monoisotopic (exact) mass is 396 g/mol. The van der Waals surface area contributed by atoms with Crippen molar-refractivity contribution in [1.82, 2.24) is 0 Å². The number of non-ortho nitro benzene ring substituents is 1. The van der Waals surface area contributed by atoms with E-state index in [1.807, 2.05) is 0 Å². The molecule has 124 valence electrons. The third-order valence-electron chi connectivity index (χ3n) is 2.85. The summed E-state index contributed by atoms with van der Waals surface area (Å²) in [7, 11) is 0. The molecule has 0 aromatic heterocycles. The molecule has 2 aromatic rings. The SMILES string of the molecule is O=C(COC(=O)c1ccc([N+](=O)[O-])cc1)Nc1ccc(Br)cc1F. The van der Waals surface area contributed by atoms with Gasteiger partial charge in [0.25, 0.3) is 11.6 Å². The summed E-state index contributed by atoms with van der Waals surface area (Å²) in [6.45, 7) is -0.620. The van der Waals surface area contributed by atoms with Crippen molar-refractivity contribution in [2.45, 2.75) is 0 Å². The van der Waals surface area contributed by atoms with Crippen molar-refractivity contribution in [3.8, 4) is 0 Å². The van der Waals surface area contributed by atoms with Crippen molar-refractivity contribution in [2.24, 2.45) is 0 Å². The highest BCUT2D eigenvalue weighted by Crippen LogP contribution is 2.19. The van der Waals surface area contributed by atoms with Gasteiger partial charge in [-0.1, -0.05) is 15.9 Å². The number of nitro groups is 1. The number of halogens is 2. The summed E-state index contributed by atoms with van der Waals surface area (Å²) in [6.07, 6.45) is 0. The van der Waals surface area contributed by atoms with Gasteiger partial charge in [-0.2, -0.15) is 0 Å². The molecule has 0 saturated carbocycles. The summed E-state index contributed by atoms with van der Waals surface area (Å²) in [5.74, 6) is -2.18. The third kappa shape index (κ3) is 4.59. The molecule has 7 nitrogen and oxygen atoms in total. The first-order valence-electron chi connectivity index (χ1n) is 6.53. The van der Waals surface area contributed by atoms with Crippen LogP contribution in [-0.4, -0.2) is 23.4 Å². The number of hydrogen-bond donors (Lipinski definition) is 1. The van der Waals surface area contributed by atoms with Gasteiger partial charge in [-0.15, -0.1) is 0 Å². The highest BCUT2D eigenvalue weighted by atomic mass is 79.9. The minimum atomic E-state index is -0.823. The second kappa shape index (κ2) is 7.64. The lowest BCUT2D eigenvalue weighted by Gasteiger charge is -2.07. The second-order valence-corrected chi connectivity index (χ2v) is 5.47. The van der Waals surface area contributed by atoms with E-state index in [1.54, 1.807) is 6.07 Å². The maximum absolute atomic E-state index is 13.6. The molecule has 0 spiro atoms. The standard InChI is InChI=1S/C15H10BrFN2O5/c16-10-3-6-13(12(17)7-10)18-14(20)8-24-15(21)9-1-4-11(5-2-9)19(22)23/h1-7H,8H2,(H,18,20). The molecule has 0 aliphatic rings. The zero-order valence-corrected chi connectivity index (χ0v) is 13.6. The molecule has 2 rings (SSSR count). The maximum atomic E-state index is 13.6. The van der Waals surface area contributed by atoms with Crippen molar-refractivity contribution in [2.75, 3.05) is 11.9 Å². The van der Waals surface area contributed by atoms with E-state index in [-0.39, 0.29) is 16.9 Å². The Kier molecular flexibility index (Phi) is 5.59. The lowest BCUT2D eigenvalue weighted by Crippen LogP contribution is -2.21. The van der Waals surface area contributed by atoms with E-state index < -0.39 is 29.2 Å². The predicted molar refractivity (Wildman–Crippen MR) is 86.1 cm³/mol. The van der Waals surface area contributed by atoms with Gasteiger partial charge in [0, 0.05) is 16.6 Å². The van der Waals surface area contributed by atoms with Crippen molar-refractivity contribution in [3.63, 3.8) is 0 Å². The van der Waals surface area contributed by atoms with Crippen LogP contribution in [0.2, 0.25) is 0 Å². The summed E-state index contributed by atoms with van der Waals surface area (Å²) < 4.78 is 18.9. The first-order chi connectivity index (χ1) is 11.4. The Morgan fingerprint density at radius 2 is 1.88 bits per heavy atom. The number of amides is 1. The molecule has 9 heteroatoms. The molecule has 1 N–H and O–H groups in total. The zero-order valence-electron chi connectivity index (χ0n) is 12.0. The summed E-state index contributed by atoms with van der Waals surface area (Å²) in [5.41, 5.74) is -0.159. The molecule has 24 heavy (non-hydrogen) atoms. The molecular weight excluding hydrogens is 387 g/mol. The number of esters is 1. The molecule has 0 aliphatic heterocycles. The van der Waals surface area contributed by atoms with Gasteiger partial charge in [-0.3, -0.25) is 14.9 Å². The largest absolute Gasteiger partial charge is 0.452 e. The van der Waals surface area contributed by atoms with Crippen LogP contribution in [0.4, 0.5) is 15.8 Å². The van der Waals surface area contributed by atoms with Crippen molar-refractivity contribution >= 4 is 39.2 Å². The second-order valence-electron chi connectivity index (χ2n) is 4.55. The maximum Gasteiger partial charge on any atom is 0.338 e. The quantitative estimate of drug-likeness (QED) is 0.474. The first kappa shape index (κ1) is 17.5. The highest BCUT2D eigenvalue weighted by molar-refractivity contribution is 9.10. The normalized spacial score (nSPS) is 10.1. The van der Waals surface area contributed by atoms with Crippen molar-refractivity contribution < 1.29 is 23.6 Å². The number of nitrogens with one attached hydrogen (secondary N) is 1. The summed E-state index contributed by atoms with van der Waals surface area (Å²) >= 11 is 3.09. The number of nitro benzene ring substituents is 1. The average Bonchev–Trinajstić information content (AvgIpc) is 2.55. The van der Waals surface area contributed by atoms with Crippen LogP contribution >= 0.6 is 15.9 Å². The minimum absolute atomic E-state index is 0.0467. The molecule has 0 fully saturated rings. The van der Waals surface area contributed by atoms with Crippen LogP contribution in [-0.2, 0) is 9.53 Å². The van der Waals surface area contributed by atoms with Crippen molar-refractivity contribution in [3.05, 3.63) is 68.4 Å². The molecular formula is C15H10BrFN2O5. The fourth-order valence-electron chi connectivity index (χ4n) is 1.71. The van der Waals surface area contributed by atoms with Crippen LogP contribution in [0.25, 0.3) is 0 Å². The van der Waals surface area contributed by atoms with Crippen LogP contribution in [0.5, 0.6) is 0 Å². The fraction of sp³-hybridized carbons (Fsp3) is 0.0667. The number of benzene rings is 2. The van der Waals surface area contributed by atoms with Crippen molar-refractivity contribution in [1.29, 1.82) is 0 Å². The number of carbonyl (C=O) groups excluding carboxylic acids is 2. The summed E-state index contributed by atoms with van der Waals surface area (Å²) in [4.78, 5) is 33.3. The molecule has 0 heterocycles. The Hall–Kier alpha value is -2.81. The van der Waals surface area contributed by atoms with E-state index in [2.05, 4.69) is 21.2 Å². The van der Waals surface area contributed by atoms with E-state index in [1.165, 1.54) is 24.3 Å². The minimum Gasteiger partial charge on any atom is -0.452 e. The Balaban J connectivity index is 1.91. The number of nitrogens with zero attached hydrogens (tertiary/aromatic N) is 1. The number of carbonyl (C=O) groups is 2. The van der Waals surface area contributed by atoms with E-state index in [4.69, 9.17) is 4.74 Å².